The van der Waals surface area contributed by atoms with E-state index in [0.717, 1.165) is 0 Å². The lowest BCUT2D eigenvalue weighted by molar-refractivity contribution is 0.405. The molecule has 33 heavy (non-hydrogen) atoms. The molecule has 0 radical (unpaired) electrons. The van der Waals surface area contributed by atoms with Gasteiger partial charge in [0, 0.05) is 6.07 Å². The fraction of sp³-hybridized carbons (Fsp3) is 0.0870. The van der Waals surface area contributed by atoms with Crippen LogP contribution in [0.2, 0.25) is 0 Å². The fourth-order valence-electron chi connectivity index (χ4n) is 3.09. The highest BCUT2D eigenvalue weighted by atomic mass is 32.2. The minimum absolute atomic E-state index is 0.00272. The smallest absolute Gasteiger partial charge is 0.263 e. The Hall–Kier alpha value is -4.36. The molecule has 9 nitrogen and oxygen atoms in total. The zero-order valence-electron chi connectivity index (χ0n) is 17.7. The molecule has 4 rings (SSSR count). The largest absolute Gasteiger partial charge is 0.497 e. The van der Waals surface area contributed by atoms with Crippen molar-refractivity contribution in [2.75, 3.05) is 24.3 Å². The number of anilines is 3. The molecular weight excluding hydrogens is 442 g/mol. The van der Waals surface area contributed by atoms with Gasteiger partial charge in [-0.05, 0) is 48.5 Å². The van der Waals surface area contributed by atoms with Crippen LogP contribution in [0.5, 0.6) is 11.5 Å². The summed E-state index contributed by atoms with van der Waals surface area (Å²) in [4.78, 5) is 9.03. The molecule has 0 unspecified atom stereocenters. The number of aromatic nitrogens is 2. The number of ether oxygens (including phenoxy) is 2. The van der Waals surface area contributed by atoms with Crippen LogP contribution in [0.3, 0.4) is 0 Å². The Morgan fingerprint density at radius 2 is 1.55 bits per heavy atom. The normalized spacial score (nSPS) is 10.9. The van der Waals surface area contributed by atoms with E-state index < -0.39 is 10.0 Å². The number of nitrogens with one attached hydrogen (secondary N) is 2. The molecule has 10 heteroatoms. The maximum atomic E-state index is 13.0. The van der Waals surface area contributed by atoms with Gasteiger partial charge < -0.3 is 14.8 Å². The monoisotopic (exact) mass is 461 g/mol. The van der Waals surface area contributed by atoms with E-state index in [0.29, 0.717) is 33.8 Å². The second-order valence-corrected chi connectivity index (χ2v) is 8.52. The summed E-state index contributed by atoms with van der Waals surface area (Å²) in [5, 5.41) is 12.1. The molecule has 0 aliphatic rings. The molecule has 1 aromatic heterocycles. The van der Waals surface area contributed by atoms with Crippen LogP contribution in [0.1, 0.15) is 5.56 Å². The highest BCUT2D eigenvalue weighted by Crippen LogP contribution is 2.34. The van der Waals surface area contributed by atoms with E-state index in [9.17, 15) is 8.42 Å². The van der Waals surface area contributed by atoms with Crippen molar-refractivity contribution in [2.45, 2.75) is 4.90 Å². The first-order valence-corrected chi connectivity index (χ1v) is 11.2. The van der Waals surface area contributed by atoms with Gasteiger partial charge in [0.25, 0.3) is 10.0 Å². The molecule has 0 fully saturated rings. The maximum absolute atomic E-state index is 13.0. The highest BCUT2D eigenvalue weighted by molar-refractivity contribution is 7.92. The third-order valence-corrected chi connectivity index (χ3v) is 6.11. The lowest BCUT2D eigenvalue weighted by Gasteiger charge is -2.16. The Bertz CT molecular complexity index is 1460. The summed E-state index contributed by atoms with van der Waals surface area (Å²) in [6.07, 6.45) is 0. The molecule has 166 valence electrons. The van der Waals surface area contributed by atoms with Crippen molar-refractivity contribution in [3.8, 4) is 17.6 Å². The van der Waals surface area contributed by atoms with E-state index >= 15 is 0 Å². The van der Waals surface area contributed by atoms with Crippen molar-refractivity contribution in [2.24, 2.45) is 0 Å². The molecule has 1 heterocycles. The van der Waals surface area contributed by atoms with Crippen molar-refractivity contribution in [3.05, 3.63) is 72.3 Å². The first kappa shape index (κ1) is 21.9. The number of para-hydroxylation sites is 2. The van der Waals surface area contributed by atoms with Crippen molar-refractivity contribution in [3.63, 3.8) is 0 Å². The van der Waals surface area contributed by atoms with Crippen LogP contribution < -0.4 is 19.5 Å². The van der Waals surface area contributed by atoms with Crippen molar-refractivity contribution < 1.29 is 17.9 Å². The second kappa shape index (κ2) is 9.02. The number of hydrogen-bond donors (Lipinski definition) is 2. The predicted octanol–water partition coefficient (Wildman–Crippen LogP) is 4.06. The molecule has 0 saturated heterocycles. The fourth-order valence-corrected chi connectivity index (χ4v) is 4.10. The molecule has 0 spiro atoms. The predicted molar refractivity (Wildman–Crippen MR) is 124 cm³/mol. The topological polar surface area (TPSA) is 126 Å². The Balaban J connectivity index is 1.79. The van der Waals surface area contributed by atoms with E-state index in [-0.39, 0.29) is 16.5 Å². The van der Waals surface area contributed by atoms with Gasteiger partial charge in [-0.25, -0.2) is 18.4 Å². The summed E-state index contributed by atoms with van der Waals surface area (Å²) in [5.74, 6) is 1.26. The average Bonchev–Trinajstić information content (AvgIpc) is 2.84. The lowest BCUT2D eigenvalue weighted by atomic mass is 10.2. The van der Waals surface area contributed by atoms with Gasteiger partial charge >= 0.3 is 0 Å². The molecule has 0 aliphatic carbocycles. The van der Waals surface area contributed by atoms with Crippen LogP contribution in [0.25, 0.3) is 11.0 Å². The molecule has 0 atom stereocenters. The summed E-state index contributed by atoms with van der Waals surface area (Å²) in [5.41, 5.74) is 1.95. The summed E-state index contributed by atoms with van der Waals surface area (Å²) in [6, 6.07) is 19.8. The Morgan fingerprint density at radius 3 is 2.15 bits per heavy atom. The van der Waals surface area contributed by atoms with Crippen molar-refractivity contribution in [1.29, 1.82) is 5.26 Å². The molecule has 0 bridgehead atoms. The first-order chi connectivity index (χ1) is 15.9. The van der Waals surface area contributed by atoms with Crippen LogP contribution in [0, 0.1) is 11.3 Å². The number of fused-ring (bicyclic) bond motifs is 1. The van der Waals surface area contributed by atoms with Gasteiger partial charge in [-0.3, -0.25) is 4.72 Å². The molecule has 3 aromatic carbocycles. The number of methoxy groups -OCH3 is 2. The van der Waals surface area contributed by atoms with Crippen LogP contribution in [0.15, 0.2) is 71.6 Å². The SMILES string of the molecule is COc1ccc(OC)c(Nc2nc3ccccc3nc2NS(=O)(=O)c2ccc(C#N)cc2)c1. The number of rotatable bonds is 7. The summed E-state index contributed by atoms with van der Waals surface area (Å²) in [7, 11) is -0.946. The van der Waals surface area contributed by atoms with Gasteiger partial charge in [-0.2, -0.15) is 5.26 Å². The molecule has 0 saturated carbocycles. The van der Waals surface area contributed by atoms with E-state index in [1.54, 1.807) is 43.5 Å². The number of hydrogen-bond acceptors (Lipinski definition) is 8. The quantitative estimate of drug-likeness (QED) is 0.422. The third-order valence-electron chi connectivity index (χ3n) is 4.76. The molecule has 2 N–H and O–H groups in total. The van der Waals surface area contributed by atoms with Gasteiger partial charge in [-0.1, -0.05) is 12.1 Å². The highest BCUT2D eigenvalue weighted by Gasteiger charge is 2.20. The Morgan fingerprint density at radius 1 is 0.879 bits per heavy atom. The minimum Gasteiger partial charge on any atom is -0.497 e. The van der Waals surface area contributed by atoms with Crippen molar-refractivity contribution >= 4 is 38.4 Å². The standard InChI is InChI=1S/C23H19N5O4S/c1-31-16-9-12-21(32-2)20(13-16)27-22-23(26-19-6-4-3-5-18(19)25-22)28-33(29,30)17-10-7-15(14-24)8-11-17/h3-13H,1-2H3,(H,25,27)(H,26,28). The second-order valence-electron chi connectivity index (χ2n) is 6.84. The van der Waals surface area contributed by atoms with Gasteiger partial charge in [0.2, 0.25) is 0 Å². The van der Waals surface area contributed by atoms with Crippen LogP contribution in [0.4, 0.5) is 17.3 Å². The van der Waals surface area contributed by atoms with Gasteiger partial charge in [0.15, 0.2) is 11.6 Å². The van der Waals surface area contributed by atoms with Crippen molar-refractivity contribution in [1.82, 2.24) is 9.97 Å². The summed E-state index contributed by atoms with van der Waals surface area (Å²) in [6.45, 7) is 0. The van der Waals surface area contributed by atoms with Gasteiger partial charge in [0.05, 0.1) is 47.5 Å². The third kappa shape index (κ3) is 4.63. The van der Waals surface area contributed by atoms with Gasteiger partial charge in [0.1, 0.15) is 11.5 Å². The maximum Gasteiger partial charge on any atom is 0.263 e. The number of nitriles is 1. The number of nitrogens with zero attached hydrogens (tertiary/aromatic N) is 3. The molecular formula is C23H19N5O4S. The number of sulfonamides is 1. The van der Waals surface area contributed by atoms with E-state index in [4.69, 9.17) is 14.7 Å². The first-order valence-electron chi connectivity index (χ1n) is 9.72. The minimum atomic E-state index is -4.01. The Kier molecular flexibility index (Phi) is 5.97. The van der Waals surface area contributed by atoms with Crippen LogP contribution in [-0.4, -0.2) is 32.6 Å². The van der Waals surface area contributed by atoms with E-state index in [1.165, 1.54) is 31.4 Å². The zero-order valence-corrected chi connectivity index (χ0v) is 18.6. The molecule has 4 aromatic rings. The van der Waals surface area contributed by atoms with Gasteiger partial charge in [-0.15, -0.1) is 0 Å². The van der Waals surface area contributed by atoms with Crippen LogP contribution >= 0.6 is 0 Å². The average molecular weight is 462 g/mol. The molecule has 0 amide bonds. The Labute approximate surface area is 190 Å². The molecule has 0 aliphatic heterocycles. The summed E-state index contributed by atoms with van der Waals surface area (Å²) >= 11 is 0. The lowest BCUT2D eigenvalue weighted by Crippen LogP contribution is -2.16. The summed E-state index contributed by atoms with van der Waals surface area (Å²) < 4.78 is 39.3. The zero-order chi connectivity index (χ0) is 23.4. The van der Waals surface area contributed by atoms with E-state index in [2.05, 4.69) is 20.0 Å². The van der Waals surface area contributed by atoms with Crippen LogP contribution in [-0.2, 0) is 10.0 Å². The number of benzene rings is 3. The van der Waals surface area contributed by atoms with E-state index in [1.807, 2.05) is 12.1 Å².